The molecule has 0 spiro atoms. The van der Waals surface area contributed by atoms with Crippen LogP contribution in [0.25, 0.3) is 0 Å². The summed E-state index contributed by atoms with van der Waals surface area (Å²) in [4.78, 5) is 0. The molecule has 0 aromatic carbocycles. The van der Waals surface area contributed by atoms with Crippen molar-refractivity contribution in [3.8, 4) is 0 Å². The molecule has 0 N–H and O–H groups in total. The van der Waals surface area contributed by atoms with Gasteiger partial charge in [-0.25, -0.2) is 0 Å². The minimum absolute atomic E-state index is 0. The summed E-state index contributed by atoms with van der Waals surface area (Å²) in [6.45, 7) is 0. The van der Waals surface area contributed by atoms with Gasteiger partial charge in [0.2, 0.25) is 0 Å². The predicted octanol–water partition coefficient (Wildman–Crippen LogP) is -0.775. The van der Waals surface area contributed by atoms with E-state index in [2.05, 4.69) is 0 Å². The summed E-state index contributed by atoms with van der Waals surface area (Å²) < 4.78 is 8.19. The molecular formula is HCrFeKOV. The van der Waals surface area contributed by atoms with Crippen LogP contribution in [0.4, 0.5) is 0 Å². The molecule has 1 nitrogen and oxygen atoms in total. The molecule has 0 aliphatic heterocycles. The number of hydrogen-bond donors (Lipinski definition) is 0. The van der Waals surface area contributed by atoms with Gasteiger partial charge in [0.15, 0.2) is 0 Å². The fourth-order valence-electron chi connectivity index (χ4n) is 0. The van der Waals surface area contributed by atoms with Gasteiger partial charge in [-0.1, -0.05) is 0 Å². The Morgan fingerprint density at radius 2 is 1.20 bits per heavy atom. The van der Waals surface area contributed by atoms with Gasteiger partial charge in [0.25, 0.3) is 0 Å². The van der Waals surface area contributed by atoms with E-state index in [4.69, 9.17) is 3.67 Å². The van der Waals surface area contributed by atoms with Crippen molar-refractivity contribution in [2.45, 2.75) is 0 Å². The molecule has 0 amide bonds. The summed E-state index contributed by atoms with van der Waals surface area (Å²) in [5, 5.41) is 0. The van der Waals surface area contributed by atoms with Gasteiger partial charge in [0.05, 0.1) is 0 Å². The van der Waals surface area contributed by atoms with Crippen LogP contribution in [0.1, 0.15) is 0 Å². The first-order chi connectivity index (χ1) is 1.00. The zero-order valence-electron chi connectivity index (χ0n) is 1.62. The third kappa shape index (κ3) is 19.3. The van der Waals surface area contributed by atoms with Gasteiger partial charge in [-0.3, -0.25) is 0 Å². The van der Waals surface area contributed by atoms with E-state index in [1.807, 2.05) is 0 Å². The van der Waals surface area contributed by atoms with Crippen LogP contribution >= 0.6 is 0 Å². The molecule has 0 aliphatic rings. The summed E-state index contributed by atoms with van der Waals surface area (Å²) >= 11 is 1.06. The molecule has 0 bridgehead atoms. The van der Waals surface area contributed by atoms with Crippen molar-refractivity contribution >= 4 is 51.4 Å². The molecule has 0 saturated carbocycles. The molecule has 0 saturated heterocycles. The standard InChI is InChI=1S/Cr.Fe.K.O.V.H. The molecule has 0 heterocycles. The van der Waals surface area contributed by atoms with E-state index in [9.17, 15) is 0 Å². The molecule has 0 aromatic heterocycles. The fraction of sp³-hybridized carbons (Fsp3) is 0. The van der Waals surface area contributed by atoms with Crippen molar-refractivity contribution in [2.24, 2.45) is 0 Å². The summed E-state index contributed by atoms with van der Waals surface area (Å²) in [6, 6.07) is 0. The van der Waals surface area contributed by atoms with Gasteiger partial charge in [0, 0.05) is 34.4 Å². The summed E-state index contributed by atoms with van der Waals surface area (Å²) in [5.74, 6) is 0. The van der Waals surface area contributed by atoms with Crippen molar-refractivity contribution in [3.05, 3.63) is 0 Å². The molecular weight excluding hydrogens is 214 g/mol. The van der Waals surface area contributed by atoms with E-state index >= 15 is 0 Å². The van der Waals surface area contributed by atoms with Gasteiger partial charge in [0.1, 0.15) is 0 Å². The first-order valence-electron chi connectivity index (χ1n) is 0.183. The monoisotopic (exact) mass is 215 g/mol. The van der Waals surface area contributed by atoms with E-state index in [1.165, 1.54) is 0 Å². The SMILES string of the molecule is [Cr].[Fe].[KH].[O]=[V]. The van der Waals surface area contributed by atoms with Crippen molar-refractivity contribution in [1.29, 1.82) is 0 Å². The fourth-order valence-corrected chi connectivity index (χ4v) is 0. The van der Waals surface area contributed by atoms with Gasteiger partial charge in [-0.15, -0.1) is 0 Å². The van der Waals surface area contributed by atoms with Crippen LogP contribution in [0.15, 0.2) is 0 Å². The van der Waals surface area contributed by atoms with E-state index in [0.29, 0.717) is 0 Å². The Morgan fingerprint density at radius 1 is 1.20 bits per heavy atom. The molecule has 0 atom stereocenters. The molecule has 0 aliphatic carbocycles. The molecule has 0 unspecified atom stereocenters. The number of rotatable bonds is 0. The second-order valence-electron chi connectivity index (χ2n) is 0. The van der Waals surface area contributed by atoms with E-state index in [0.717, 1.165) is 17.4 Å². The van der Waals surface area contributed by atoms with E-state index < -0.39 is 0 Å². The first-order valence-corrected chi connectivity index (χ1v) is 0.753. The Hall–Kier alpha value is 3.07. The van der Waals surface area contributed by atoms with Gasteiger partial charge >= 0.3 is 72.4 Å². The summed E-state index contributed by atoms with van der Waals surface area (Å²) in [5.41, 5.74) is 0. The molecule has 0 fully saturated rings. The Kier molecular flexibility index (Phi) is 135. The van der Waals surface area contributed by atoms with E-state index in [1.54, 1.807) is 0 Å². The Morgan fingerprint density at radius 3 is 1.20 bits per heavy atom. The van der Waals surface area contributed by atoms with Gasteiger partial charge in [-0.2, -0.15) is 0 Å². The average Bonchev–Trinajstić information content (AvgIpc) is 1.00. The average molecular weight is 215 g/mol. The second kappa shape index (κ2) is 27.6. The van der Waals surface area contributed by atoms with Crippen LogP contribution in [-0.2, 0) is 55.5 Å². The van der Waals surface area contributed by atoms with Crippen molar-refractivity contribution in [3.63, 3.8) is 0 Å². The van der Waals surface area contributed by atoms with Gasteiger partial charge in [-0.05, 0) is 0 Å². The Balaban J connectivity index is -0.00000000167. The van der Waals surface area contributed by atoms with Crippen molar-refractivity contribution < 1.29 is 55.5 Å². The molecule has 5 heteroatoms. The van der Waals surface area contributed by atoms with Crippen LogP contribution < -0.4 is 0 Å². The maximum absolute atomic E-state index is 8.19. The molecule has 0 rings (SSSR count). The second-order valence-corrected chi connectivity index (χ2v) is 0. The van der Waals surface area contributed by atoms with Crippen LogP contribution in [0.5, 0.6) is 0 Å². The Labute approximate surface area is 104 Å². The zero-order valence-corrected chi connectivity index (χ0v) is 5.39. The summed E-state index contributed by atoms with van der Waals surface area (Å²) in [6.07, 6.45) is 0. The first kappa shape index (κ1) is 24.3. The third-order valence-corrected chi connectivity index (χ3v) is 0. The zero-order chi connectivity index (χ0) is 2.00. The minimum atomic E-state index is 0. The van der Waals surface area contributed by atoms with Crippen LogP contribution in [-0.4, -0.2) is 51.4 Å². The van der Waals surface area contributed by atoms with Gasteiger partial charge < -0.3 is 0 Å². The quantitative estimate of drug-likeness (QED) is 0.484. The Bertz CT molecular complexity index is 11.6. The van der Waals surface area contributed by atoms with Crippen LogP contribution in [0, 0.1) is 0 Å². The third-order valence-electron chi connectivity index (χ3n) is 0. The number of hydrogen-bond acceptors (Lipinski definition) is 1. The van der Waals surface area contributed by atoms with Crippen molar-refractivity contribution in [2.75, 3.05) is 0 Å². The maximum atomic E-state index is 8.19. The molecule has 0 aromatic rings. The van der Waals surface area contributed by atoms with Crippen molar-refractivity contribution in [1.82, 2.24) is 0 Å². The normalized spacial score (nSPS) is 0.600. The van der Waals surface area contributed by atoms with E-state index in [-0.39, 0.29) is 85.8 Å². The molecule has 27 valence electrons. The molecule has 0 radical (unpaired) electrons. The van der Waals surface area contributed by atoms with Crippen LogP contribution in [0.3, 0.4) is 0 Å². The topological polar surface area (TPSA) is 17.1 Å². The molecule has 5 heavy (non-hydrogen) atoms. The summed E-state index contributed by atoms with van der Waals surface area (Å²) in [7, 11) is 0. The van der Waals surface area contributed by atoms with Crippen LogP contribution in [0.2, 0.25) is 0 Å². The predicted molar refractivity (Wildman–Crippen MR) is 7.84 cm³/mol.